The largest absolute Gasteiger partial charge is 0.341 e. The lowest BCUT2D eigenvalue weighted by molar-refractivity contribution is 0.613. The summed E-state index contributed by atoms with van der Waals surface area (Å²) in [6, 6.07) is 16.0. The number of nitrogens with one attached hydrogen (secondary N) is 4. The number of aromatic nitrogens is 6. The molecule has 4 atom stereocenters. The zero-order chi connectivity index (χ0) is 26.9. The molecule has 5 aromatic rings. The summed E-state index contributed by atoms with van der Waals surface area (Å²) in [5, 5.41) is 16.9. The average molecular weight is 543 g/mol. The van der Waals surface area contributed by atoms with Crippen LogP contribution in [-0.2, 0) is 0 Å². The van der Waals surface area contributed by atoms with E-state index in [4.69, 9.17) is 15.2 Å². The highest BCUT2D eigenvalue weighted by Gasteiger charge is 2.41. The molecule has 5 heterocycles. The molecule has 4 N–H and O–H groups in total. The number of rotatable bonds is 5. The SMILES string of the molecule is c1cc(-c2nnc(-c3ccc4[nH]c([C@@H]5CCCN5)nc4c3)c3c2C2CCC3C2)ccc1-c1cnc([C@@H]2CCCN2)[nH]1. The number of aromatic amines is 2. The Labute approximate surface area is 238 Å². The smallest absolute Gasteiger partial charge is 0.124 e. The van der Waals surface area contributed by atoms with E-state index >= 15 is 0 Å². The molecule has 4 aliphatic rings. The van der Waals surface area contributed by atoms with E-state index in [1.165, 1.54) is 43.2 Å². The number of nitrogens with zero attached hydrogens (tertiary/aromatic N) is 4. The van der Waals surface area contributed by atoms with Gasteiger partial charge in [0.1, 0.15) is 11.6 Å². The van der Waals surface area contributed by atoms with Crippen LogP contribution in [0.15, 0.2) is 48.7 Å². The molecule has 2 aliphatic heterocycles. The number of benzene rings is 2. The second-order valence-electron chi connectivity index (χ2n) is 12.3. The molecule has 41 heavy (non-hydrogen) atoms. The molecule has 3 aromatic heterocycles. The summed E-state index contributed by atoms with van der Waals surface area (Å²) >= 11 is 0. The monoisotopic (exact) mass is 542 g/mol. The molecule has 2 saturated heterocycles. The Kier molecular flexibility index (Phi) is 5.41. The van der Waals surface area contributed by atoms with Gasteiger partial charge in [-0.2, -0.15) is 0 Å². The van der Waals surface area contributed by atoms with Crippen LogP contribution in [0.4, 0.5) is 0 Å². The first-order chi connectivity index (χ1) is 20.3. The maximum Gasteiger partial charge on any atom is 0.124 e. The highest BCUT2D eigenvalue weighted by Crippen LogP contribution is 2.57. The number of H-pyrrole nitrogens is 2. The van der Waals surface area contributed by atoms with Crippen molar-refractivity contribution >= 4 is 11.0 Å². The van der Waals surface area contributed by atoms with Crippen molar-refractivity contribution in [3.8, 4) is 33.8 Å². The van der Waals surface area contributed by atoms with Crippen LogP contribution in [0, 0.1) is 0 Å². The lowest BCUT2D eigenvalue weighted by atomic mass is 9.86. The molecule has 0 spiro atoms. The van der Waals surface area contributed by atoms with Crippen LogP contribution in [0.3, 0.4) is 0 Å². The molecule has 0 radical (unpaired) electrons. The molecule has 3 fully saturated rings. The third kappa shape index (κ3) is 3.88. The first-order valence-electron chi connectivity index (χ1n) is 15.3. The summed E-state index contributed by atoms with van der Waals surface area (Å²) in [4.78, 5) is 16.7. The van der Waals surface area contributed by atoms with Crippen LogP contribution in [0.2, 0.25) is 0 Å². The number of fused-ring (bicyclic) bond motifs is 6. The van der Waals surface area contributed by atoms with Crippen LogP contribution in [0.25, 0.3) is 44.8 Å². The van der Waals surface area contributed by atoms with E-state index in [0.29, 0.717) is 23.9 Å². The topological polar surface area (TPSA) is 107 Å². The van der Waals surface area contributed by atoms with Crippen molar-refractivity contribution in [2.24, 2.45) is 0 Å². The maximum absolute atomic E-state index is 4.97. The zero-order valence-electron chi connectivity index (χ0n) is 23.1. The predicted molar refractivity (Wildman–Crippen MR) is 159 cm³/mol. The molecule has 9 rings (SSSR count). The van der Waals surface area contributed by atoms with Crippen molar-refractivity contribution in [2.45, 2.75) is 68.9 Å². The first kappa shape index (κ1) is 23.8. The molecule has 8 heteroatoms. The Morgan fingerprint density at radius 2 is 1.32 bits per heavy atom. The Morgan fingerprint density at radius 1 is 0.659 bits per heavy atom. The Bertz CT molecular complexity index is 1750. The van der Waals surface area contributed by atoms with Crippen molar-refractivity contribution in [3.63, 3.8) is 0 Å². The van der Waals surface area contributed by atoms with E-state index in [9.17, 15) is 0 Å². The second kappa shape index (κ2) is 9.33. The standard InChI is InChI=1S/C33H34N8/c1-3-24(34-13-1)32-36-17-27(39-32)18-5-7-19(8-6-18)30-28-20-9-10-21(15-20)29(28)31(41-40-30)22-11-12-23-26(16-22)38-33(37-23)25-4-2-14-35-25/h5-8,11-12,16-17,20-21,24-25,34-35H,1-4,9-10,13-15H2,(H,36,39)(H,37,38)/t20?,21?,24-,25-/m0/s1. The van der Waals surface area contributed by atoms with Gasteiger partial charge in [0.05, 0.1) is 46.4 Å². The van der Waals surface area contributed by atoms with Gasteiger partial charge in [-0.3, -0.25) is 0 Å². The first-order valence-corrected chi connectivity index (χ1v) is 15.3. The molecular formula is C33H34N8. The fourth-order valence-corrected chi connectivity index (χ4v) is 7.86. The van der Waals surface area contributed by atoms with Gasteiger partial charge >= 0.3 is 0 Å². The van der Waals surface area contributed by atoms with Crippen LogP contribution in [-0.4, -0.2) is 43.2 Å². The predicted octanol–water partition coefficient (Wildman–Crippen LogP) is 6.29. The van der Waals surface area contributed by atoms with Gasteiger partial charge in [-0.25, -0.2) is 9.97 Å². The van der Waals surface area contributed by atoms with E-state index in [2.05, 4.69) is 68.1 Å². The van der Waals surface area contributed by atoms with Crippen LogP contribution in [0.5, 0.6) is 0 Å². The normalized spacial score (nSPS) is 25.0. The van der Waals surface area contributed by atoms with Gasteiger partial charge < -0.3 is 20.6 Å². The molecule has 8 nitrogen and oxygen atoms in total. The van der Waals surface area contributed by atoms with Gasteiger partial charge in [0.2, 0.25) is 0 Å². The van der Waals surface area contributed by atoms with E-state index in [0.717, 1.165) is 82.4 Å². The maximum atomic E-state index is 4.97. The molecule has 2 unspecified atom stereocenters. The van der Waals surface area contributed by atoms with E-state index in [1.807, 2.05) is 6.20 Å². The molecule has 2 aromatic carbocycles. The molecule has 0 amide bonds. The zero-order valence-corrected chi connectivity index (χ0v) is 23.1. The summed E-state index contributed by atoms with van der Waals surface area (Å²) in [6.45, 7) is 2.13. The number of hydrogen-bond acceptors (Lipinski definition) is 6. The molecule has 206 valence electrons. The molecule has 2 bridgehead atoms. The Hall–Kier alpha value is -3.88. The average Bonchev–Trinajstić information content (AvgIpc) is 3.86. The van der Waals surface area contributed by atoms with E-state index in [1.54, 1.807) is 0 Å². The Balaban J connectivity index is 1.06. The van der Waals surface area contributed by atoms with Crippen molar-refractivity contribution < 1.29 is 0 Å². The fraction of sp³-hybridized carbons (Fsp3) is 0.394. The van der Waals surface area contributed by atoms with Gasteiger partial charge in [0, 0.05) is 11.1 Å². The van der Waals surface area contributed by atoms with Gasteiger partial charge in [-0.05, 0) is 98.7 Å². The summed E-state index contributed by atoms with van der Waals surface area (Å²) in [6.07, 6.45) is 10.4. The van der Waals surface area contributed by atoms with Crippen LogP contribution in [0.1, 0.15) is 91.6 Å². The number of hydrogen-bond donors (Lipinski definition) is 4. The third-order valence-corrected chi connectivity index (χ3v) is 9.92. The summed E-state index contributed by atoms with van der Waals surface area (Å²) in [5.74, 6) is 3.23. The second-order valence-corrected chi connectivity index (χ2v) is 12.3. The molecular weight excluding hydrogens is 508 g/mol. The van der Waals surface area contributed by atoms with Crippen LogP contribution < -0.4 is 10.6 Å². The van der Waals surface area contributed by atoms with Crippen molar-refractivity contribution in [1.82, 2.24) is 40.8 Å². The van der Waals surface area contributed by atoms with Gasteiger partial charge in [-0.1, -0.05) is 30.3 Å². The van der Waals surface area contributed by atoms with Crippen molar-refractivity contribution in [1.29, 1.82) is 0 Å². The van der Waals surface area contributed by atoms with E-state index in [-0.39, 0.29) is 0 Å². The van der Waals surface area contributed by atoms with Crippen molar-refractivity contribution in [2.75, 3.05) is 13.1 Å². The minimum Gasteiger partial charge on any atom is -0.341 e. The Morgan fingerprint density at radius 3 is 2.02 bits per heavy atom. The highest BCUT2D eigenvalue weighted by molar-refractivity contribution is 5.83. The lowest BCUT2D eigenvalue weighted by Gasteiger charge is -2.21. The quantitative estimate of drug-likeness (QED) is 0.208. The minimum absolute atomic E-state index is 0.330. The van der Waals surface area contributed by atoms with Gasteiger partial charge in [0.15, 0.2) is 0 Å². The summed E-state index contributed by atoms with van der Waals surface area (Å²) < 4.78 is 0. The lowest BCUT2D eigenvalue weighted by Crippen LogP contribution is -2.14. The fourth-order valence-electron chi connectivity index (χ4n) is 7.86. The summed E-state index contributed by atoms with van der Waals surface area (Å²) in [5.41, 5.74) is 11.5. The number of imidazole rings is 2. The minimum atomic E-state index is 0.330. The van der Waals surface area contributed by atoms with Crippen molar-refractivity contribution in [3.05, 3.63) is 71.4 Å². The molecule has 2 aliphatic carbocycles. The van der Waals surface area contributed by atoms with Gasteiger partial charge in [0.25, 0.3) is 0 Å². The molecule has 1 saturated carbocycles. The third-order valence-electron chi connectivity index (χ3n) is 9.92. The van der Waals surface area contributed by atoms with E-state index < -0.39 is 0 Å². The van der Waals surface area contributed by atoms with Crippen LogP contribution >= 0.6 is 0 Å². The van der Waals surface area contributed by atoms with Gasteiger partial charge in [-0.15, -0.1) is 10.2 Å². The highest BCUT2D eigenvalue weighted by atomic mass is 15.1. The summed E-state index contributed by atoms with van der Waals surface area (Å²) in [7, 11) is 0.